The number of anilines is 2. The van der Waals surface area contributed by atoms with Crippen molar-refractivity contribution in [2.75, 3.05) is 42.5 Å². The van der Waals surface area contributed by atoms with E-state index in [0.717, 1.165) is 30.9 Å². The van der Waals surface area contributed by atoms with E-state index in [1.807, 2.05) is 0 Å². The number of aliphatic hydroxyl groups is 1. The molecule has 0 radical (unpaired) electrons. The zero-order valence-electron chi connectivity index (χ0n) is 22.2. The quantitative estimate of drug-likeness (QED) is 0.329. The predicted molar refractivity (Wildman–Crippen MR) is 150 cm³/mol. The van der Waals surface area contributed by atoms with Crippen LogP contribution in [-0.2, 0) is 10.0 Å². The van der Waals surface area contributed by atoms with E-state index in [2.05, 4.69) is 32.0 Å². The van der Waals surface area contributed by atoms with Crippen LogP contribution in [0.15, 0.2) is 30.5 Å². The molecule has 0 bridgehead atoms. The molecule has 206 valence electrons. The van der Waals surface area contributed by atoms with Crippen molar-refractivity contribution in [1.82, 2.24) is 19.9 Å². The Labute approximate surface area is 227 Å². The van der Waals surface area contributed by atoms with E-state index in [0.29, 0.717) is 28.6 Å². The van der Waals surface area contributed by atoms with Gasteiger partial charge in [-0.3, -0.25) is 4.72 Å². The number of rotatable bonds is 10. The zero-order valence-corrected chi connectivity index (χ0v) is 23.8. The molecule has 1 aliphatic heterocycles. The van der Waals surface area contributed by atoms with Gasteiger partial charge in [0, 0.05) is 24.2 Å². The van der Waals surface area contributed by atoms with Crippen LogP contribution in [0.25, 0.3) is 21.8 Å². The van der Waals surface area contributed by atoms with E-state index >= 15 is 4.39 Å². The molecule has 0 unspecified atom stereocenters. The smallest absolute Gasteiger partial charge is 0.232 e. The highest BCUT2D eigenvalue weighted by Crippen LogP contribution is 2.42. The van der Waals surface area contributed by atoms with Crippen molar-refractivity contribution >= 4 is 33.0 Å². The number of hydrogen-bond acceptors (Lipinski definition) is 9. The largest absolute Gasteiger partial charge is 0.389 e. The molecule has 3 N–H and O–H groups in total. The maximum atomic E-state index is 15.8. The summed E-state index contributed by atoms with van der Waals surface area (Å²) in [7, 11) is -1.58. The summed E-state index contributed by atoms with van der Waals surface area (Å²) in [5, 5.41) is 14.0. The van der Waals surface area contributed by atoms with Crippen LogP contribution in [-0.4, -0.2) is 71.4 Å². The maximum Gasteiger partial charge on any atom is 0.232 e. The number of piperidine rings is 1. The average molecular weight is 563 g/mol. The molecule has 9 nitrogen and oxygen atoms in total. The van der Waals surface area contributed by atoms with Crippen molar-refractivity contribution < 1.29 is 17.9 Å². The van der Waals surface area contributed by atoms with Crippen molar-refractivity contribution in [2.45, 2.75) is 51.6 Å². The molecular formula is C26H35FN6O3S2. The Morgan fingerprint density at radius 3 is 2.63 bits per heavy atom. The van der Waals surface area contributed by atoms with Crippen molar-refractivity contribution in [1.29, 1.82) is 0 Å². The molecule has 1 aromatic carbocycles. The lowest BCUT2D eigenvalue weighted by Crippen LogP contribution is -2.29. The Morgan fingerprint density at radius 1 is 1.21 bits per heavy atom. The molecular weight excluding hydrogens is 527 g/mol. The third-order valence-electron chi connectivity index (χ3n) is 6.27. The minimum absolute atomic E-state index is 0.0970. The molecule has 38 heavy (non-hydrogen) atoms. The van der Waals surface area contributed by atoms with Crippen LogP contribution in [0.4, 0.5) is 16.0 Å². The summed E-state index contributed by atoms with van der Waals surface area (Å²) in [6, 6.07) is 6.39. The lowest BCUT2D eigenvalue weighted by molar-refractivity contribution is 0.0943. The predicted octanol–water partition coefficient (Wildman–Crippen LogP) is 4.55. The molecule has 0 saturated carbocycles. The second-order valence-corrected chi connectivity index (χ2v) is 13.2. The van der Waals surface area contributed by atoms with Gasteiger partial charge in [-0.1, -0.05) is 13.0 Å². The molecule has 0 atom stereocenters. The summed E-state index contributed by atoms with van der Waals surface area (Å²) < 4.78 is 42.9. The van der Waals surface area contributed by atoms with E-state index in [4.69, 9.17) is 4.98 Å². The van der Waals surface area contributed by atoms with Gasteiger partial charge in [-0.05, 0) is 71.4 Å². The van der Waals surface area contributed by atoms with E-state index in [9.17, 15) is 13.5 Å². The fourth-order valence-corrected chi connectivity index (χ4v) is 6.62. The van der Waals surface area contributed by atoms with Gasteiger partial charge < -0.3 is 15.3 Å². The molecule has 2 aromatic heterocycles. The molecule has 0 aliphatic carbocycles. The van der Waals surface area contributed by atoms with Crippen LogP contribution in [0, 0.1) is 5.82 Å². The molecule has 1 saturated heterocycles. The topological polar surface area (TPSA) is 120 Å². The molecule has 3 aromatic rings. The van der Waals surface area contributed by atoms with Gasteiger partial charge in [-0.15, -0.1) is 11.3 Å². The van der Waals surface area contributed by atoms with Gasteiger partial charge >= 0.3 is 0 Å². The summed E-state index contributed by atoms with van der Waals surface area (Å²) in [6.45, 7) is 7.28. The van der Waals surface area contributed by atoms with Crippen LogP contribution in [0.5, 0.6) is 0 Å². The minimum atomic E-state index is -3.67. The number of likely N-dealkylation sites (tertiary alicyclic amines) is 1. The number of sulfonamides is 1. The SMILES string of the molecule is CCCS(=O)(=O)Nc1cccc(-c2nc(C3CCN(C)CC3)sc2-c2ccnc(NCC(C)(C)O)n2)c1F. The molecule has 1 aliphatic rings. The first-order valence-electron chi connectivity index (χ1n) is 12.7. The summed E-state index contributed by atoms with van der Waals surface area (Å²) in [4.78, 5) is 16.8. The lowest BCUT2D eigenvalue weighted by atomic mass is 9.98. The molecule has 3 heterocycles. The normalized spacial score (nSPS) is 15.5. The highest BCUT2D eigenvalue weighted by Gasteiger charge is 2.27. The monoisotopic (exact) mass is 562 g/mol. The third kappa shape index (κ3) is 7.04. The Bertz CT molecular complexity index is 1370. The summed E-state index contributed by atoms with van der Waals surface area (Å²) >= 11 is 1.48. The third-order valence-corrected chi connectivity index (χ3v) is 8.99. The van der Waals surface area contributed by atoms with Gasteiger partial charge in [0.05, 0.1) is 38.3 Å². The molecule has 1 fully saturated rings. The average Bonchev–Trinajstić information content (AvgIpc) is 3.29. The Kier molecular flexibility index (Phi) is 8.65. The van der Waals surface area contributed by atoms with Crippen LogP contribution in [0.3, 0.4) is 0 Å². The molecule has 4 rings (SSSR count). The Morgan fingerprint density at radius 2 is 1.95 bits per heavy atom. The fraction of sp³-hybridized carbons (Fsp3) is 0.500. The van der Waals surface area contributed by atoms with E-state index in [1.54, 1.807) is 45.2 Å². The van der Waals surface area contributed by atoms with E-state index in [1.165, 1.54) is 17.4 Å². The fourth-order valence-electron chi connectivity index (χ4n) is 4.27. The first kappa shape index (κ1) is 28.3. The second-order valence-electron chi connectivity index (χ2n) is 10.3. The van der Waals surface area contributed by atoms with Crippen LogP contribution in [0.1, 0.15) is 51.0 Å². The minimum Gasteiger partial charge on any atom is -0.389 e. The Balaban J connectivity index is 1.77. The van der Waals surface area contributed by atoms with Crippen molar-refractivity contribution in [3.8, 4) is 21.8 Å². The number of aromatic nitrogens is 3. The number of thiazole rings is 1. The molecule has 0 spiro atoms. The van der Waals surface area contributed by atoms with Gasteiger partial charge in [0.1, 0.15) is 0 Å². The van der Waals surface area contributed by atoms with Crippen molar-refractivity contribution in [3.63, 3.8) is 0 Å². The summed E-state index contributed by atoms with van der Waals surface area (Å²) in [5.74, 6) is -0.192. The second kappa shape index (κ2) is 11.6. The highest BCUT2D eigenvalue weighted by atomic mass is 32.2. The van der Waals surface area contributed by atoms with Gasteiger partial charge in [0.2, 0.25) is 16.0 Å². The zero-order chi connectivity index (χ0) is 27.5. The number of hydrogen-bond donors (Lipinski definition) is 3. The number of benzene rings is 1. The molecule has 0 amide bonds. The summed E-state index contributed by atoms with van der Waals surface area (Å²) in [6.07, 6.45) is 3.93. The van der Waals surface area contributed by atoms with Gasteiger partial charge in [-0.25, -0.2) is 27.8 Å². The number of nitrogens with one attached hydrogen (secondary N) is 2. The van der Waals surface area contributed by atoms with Gasteiger partial charge in [-0.2, -0.15) is 0 Å². The van der Waals surface area contributed by atoms with Crippen LogP contribution >= 0.6 is 11.3 Å². The van der Waals surface area contributed by atoms with E-state index in [-0.39, 0.29) is 29.5 Å². The van der Waals surface area contributed by atoms with Crippen molar-refractivity contribution in [2.24, 2.45) is 0 Å². The Hall–Kier alpha value is -2.67. The lowest BCUT2D eigenvalue weighted by Gasteiger charge is -2.27. The highest BCUT2D eigenvalue weighted by molar-refractivity contribution is 7.92. The van der Waals surface area contributed by atoms with Gasteiger partial charge in [0.25, 0.3) is 0 Å². The van der Waals surface area contributed by atoms with Crippen LogP contribution in [0.2, 0.25) is 0 Å². The number of halogens is 1. The maximum absolute atomic E-state index is 15.8. The summed E-state index contributed by atoms with van der Waals surface area (Å²) in [5.41, 5.74) is 0.138. The standard InChI is InChI=1S/C26H35FN6O3S2/c1-5-15-38(35,36)32-19-8-6-7-18(21(19)27)22-23(37-24(31-22)17-10-13-33(4)14-11-17)20-9-12-28-25(30-20)29-16-26(2,3)34/h6-9,12,17,32,34H,5,10-11,13-16H2,1-4H3,(H,28,29,30). The molecule has 12 heteroatoms. The van der Waals surface area contributed by atoms with E-state index < -0.39 is 21.4 Å². The van der Waals surface area contributed by atoms with Gasteiger partial charge in [0.15, 0.2) is 5.82 Å². The van der Waals surface area contributed by atoms with Crippen molar-refractivity contribution in [3.05, 3.63) is 41.3 Å². The first-order chi connectivity index (χ1) is 18.0. The van der Waals surface area contributed by atoms with Crippen LogP contribution < -0.4 is 10.0 Å². The number of nitrogens with zero attached hydrogens (tertiary/aromatic N) is 4. The first-order valence-corrected chi connectivity index (χ1v) is 15.2.